The van der Waals surface area contributed by atoms with Crippen molar-refractivity contribution >= 4 is 19.9 Å². The summed E-state index contributed by atoms with van der Waals surface area (Å²) in [5, 5.41) is 0. The molecule has 0 atom stereocenters. The summed E-state index contributed by atoms with van der Waals surface area (Å²) in [6, 6.07) is 0. The fourth-order valence-corrected chi connectivity index (χ4v) is 5.25. The highest BCUT2D eigenvalue weighted by atomic mass is 32.3. The molecule has 0 saturated heterocycles. The minimum Gasteiger partial charge on any atom is -0.223 e. The van der Waals surface area contributed by atoms with Gasteiger partial charge in [-0.2, -0.15) is 0 Å². The summed E-state index contributed by atoms with van der Waals surface area (Å²) in [5.41, 5.74) is -0.683. The van der Waals surface area contributed by atoms with Crippen molar-refractivity contribution in [2.75, 3.05) is 5.75 Å². The van der Waals surface area contributed by atoms with Gasteiger partial charge < -0.3 is 0 Å². The van der Waals surface area contributed by atoms with Gasteiger partial charge in [0.15, 0.2) is 14.1 Å². The zero-order valence-corrected chi connectivity index (χ0v) is 10.6. The summed E-state index contributed by atoms with van der Waals surface area (Å²) in [6.07, 6.45) is 1.52. The summed E-state index contributed by atoms with van der Waals surface area (Å²) in [7, 11) is -7.51. The molecule has 0 spiro atoms. The van der Waals surface area contributed by atoms with Gasteiger partial charge in [-0.1, -0.05) is 6.08 Å². The van der Waals surface area contributed by atoms with Crippen LogP contribution in [0.2, 0.25) is 0 Å². The van der Waals surface area contributed by atoms with Crippen LogP contribution in [0.3, 0.4) is 0 Å². The summed E-state index contributed by atoms with van der Waals surface area (Å²) in [6.45, 7) is 4.98. The van der Waals surface area contributed by atoms with Crippen molar-refractivity contribution in [3.63, 3.8) is 0 Å². The standard InChI is InChI=1S/C8H15NO4S2/c1-8(2,3)9-15(12,13)7-5-4-6-14(7,10)11/h5,9H,4,6H2,1-3H3. The molecule has 1 rings (SSSR count). The molecule has 0 fully saturated rings. The third kappa shape index (κ3) is 3.02. The molecule has 1 N–H and O–H groups in total. The van der Waals surface area contributed by atoms with Crippen LogP contribution in [-0.4, -0.2) is 28.1 Å². The highest BCUT2D eigenvalue weighted by Gasteiger charge is 2.35. The summed E-state index contributed by atoms with van der Waals surface area (Å²) in [4.78, 5) is 0. The van der Waals surface area contributed by atoms with Crippen molar-refractivity contribution < 1.29 is 16.8 Å². The predicted octanol–water partition coefficient (Wildman–Crippen LogP) is 0.364. The molecule has 1 aliphatic heterocycles. The molecule has 1 aliphatic rings. The van der Waals surface area contributed by atoms with Gasteiger partial charge in [-0.15, -0.1) is 0 Å². The molecule has 5 nitrogen and oxygen atoms in total. The minimum atomic E-state index is -3.90. The van der Waals surface area contributed by atoms with Crippen molar-refractivity contribution in [1.82, 2.24) is 4.72 Å². The van der Waals surface area contributed by atoms with Crippen molar-refractivity contribution in [3.05, 3.63) is 10.3 Å². The van der Waals surface area contributed by atoms with E-state index in [2.05, 4.69) is 4.72 Å². The quantitative estimate of drug-likeness (QED) is 0.770. The highest BCUT2D eigenvalue weighted by Crippen LogP contribution is 2.23. The lowest BCUT2D eigenvalue weighted by Crippen LogP contribution is -2.41. The lowest BCUT2D eigenvalue weighted by molar-refractivity contribution is 0.496. The number of sulfone groups is 1. The molecule has 0 unspecified atom stereocenters. The van der Waals surface area contributed by atoms with Crippen LogP contribution in [-0.2, 0) is 19.9 Å². The molecule has 7 heteroatoms. The van der Waals surface area contributed by atoms with Gasteiger partial charge in [0, 0.05) is 5.54 Å². The van der Waals surface area contributed by atoms with Crippen LogP contribution >= 0.6 is 0 Å². The second kappa shape index (κ2) is 3.57. The van der Waals surface area contributed by atoms with Gasteiger partial charge in [-0.25, -0.2) is 21.6 Å². The molecule has 0 saturated carbocycles. The van der Waals surface area contributed by atoms with Crippen LogP contribution in [0.5, 0.6) is 0 Å². The number of hydrogen-bond donors (Lipinski definition) is 1. The Morgan fingerprint density at radius 2 is 1.87 bits per heavy atom. The molecule has 0 aromatic carbocycles. The van der Waals surface area contributed by atoms with E-state index in [0.29, 0.717) is 0 Å². The normalized spacial score (nSPS) is 21.4. The van der Waals surface area contributed by atoms with Crippen LogP contribution in [0.1, 0.15) is 27.2 Å². The van der Waals surface area contributed by atoms with Gasteiger partial charge in [0.1, 0.15) is 0 Å². The third-order valence-electron chi connectivity index (χ3n) is 1.71. The van der Waals surface area contributed by atoms with Gasteiger partial charge in [-0.3, -0.25) is 0 Å². The Kier molecular flexibility index (Phi) is 3.01. The fraction of sp³-hybridized carbons (Fsp3) is 0.750. The molecule has 15 heavy (non-hydrogen) atoms. The Morgan fingerprint density at radius 1 is 1.33 bits per heavy atom. The molecular weight excluding hydrogens is 238 g/mol. The molecule has 0 radical (unpaired) electrons. The molecule has 0 amide bonds. The number of allylic oxidation sites excluding steroid dienone is 1. The molecule has 0 aromatic rings. The maximum Gasteiger partial charge on any atom is 0.251 e. The zero-order chi connectivity index (χ0) is 11.9. The van der Waals surface area contributed by atoms with Crippen LogP contribution in [0.4, 0.5) is 0 Å². The fourth-order valence-electron chi connectivity index (χ4n) is 1.29. The van der Waals surface area contributed by atoms with Crippen LogP contribution in [0.25, 0.3) is 0 Å². The van der Waals surface area contributed by atoms with E-state index in [1.807, 2.05) is 0 Å². The van der Waals surface area contributed by atoms with E-state index >= 15 is 0 Å². The number of nitrogens with one attached hydrogen (secondary N) is 1. The van der Waals surface area contributed by atoms with Gasteiger partial charge in [-0.05, 0) is 27.2 Å². The minimum absolute atomic E-state index is 0.118. The number of rotatable bonds is 2. The average Bonchev–Trinajstić information content (AvgIpc) is 2.23. The van der Waals surface area contributed by atoms with Crippen molar-refractivity contribution in [1.29, 1.82) is 0 Å². The van der Waals surface area contributed by atoms with E-state index in [0.717, 1.165) is 0 Å². The first kappa shape index (κ1) is 12.7. The smallest absolute Gasteiger partial charge is 0.223 e. The molecule has 0 aliphatic carbocycles. The van der Waals surface area contributed by atoms with Crippen molar-refractivity contribution in [2.24, 2.45) is 0 Å². The van der Waals surface area contributed by atoms with Crippen molar-refractivity contribution in [3.8, 4) is 0 Å². The summed E-state index contributed by atoms with van der Waals surface area (Å²) < 4.78 is 48.1. The first-order valence-corrected chi connectivity index (χ1v) is 7.65. The predicted molar refractivity (Wildman–Crippen MR) is 58.3 cm³/mol. The largest absolute Gasteiger partial charge is 0.251 e. The van der Waals surface area contributed by atoms with Crippen LogP contribution < -0.4 is 4.72 Å². The Balaban J connectivity index is 3.10. The van der Waals surface area contributed by atoms with Gasteiger partial charge in [0.05, 0.1) is 5.75 Å². The lowest BCUT2D eigenvalue weighted by atomic mass is 10.1. The van der Waals surface area contributed by atoms with Gasteiger partial charge in [0.25, 0.3) is 10.0 Å². The van der Waals surface area contributed by atoms with Crippen molar-refractivity contribution in [2.45, 2.75) is 32.7 Å². The summed E-state index contributed by atoms with van der Waals surface area (Å²) in [5.74, 6) is -0.118. The van der Waals surface area contributed by atoms with E-state index in [1.54, 1.807) is 20.8 Å². The molecule has 0 aromatic heterocycles. The number of sulfonamides is 1. The number of hydrogen-bond acceptors (Lipinski definition) is 4. The zero-order valence-electron chi connectivity index (χ0n) is 8.94. The van der Waals surface area contributed by atoms with E-state index < -0.39 is 29.6 Å². The van der Waals surface area contributed by atoms with Gasteiger partial charge >= 0.3 is 0 Å². The average molecular weight is 253 g/mol. The monoisotopic (exact) mass is 253 g/mol. The van der Waals surface area contributed by atoms with Crippen LogP contribution in [0.15, 0.2) is 10.3 Å². The highest BCUT2D eigenvalue weighted by molar-refractivity contribution is 8.13. The maximum absolute atomic E-state index is 11.7. The van der Waals surface area contributed by atoms with Crippen LogP contribution in [0, 0.1) is 0 Å². The van der Waals surface area contributed by atoms with E-state index in [4.69, 9.17) is 0 Å². The Morgan fingerprint density at radius 3 is 2.20 bits per heavy atom. The van der Waals surface area contributed by atoms with E-state index in [1.165, 1.54) is 6.08 Å². The molecule has 1 heterocycles. The first-order chi connectivity index (χ1) is 6.55. The summed E-state index contributed by atoms with van der Waals surface area (Å²) >= 11 is 0. The van der Waals surface area contributed by atoms with E-state index in [9.17, 15) is 16.8 Å². The first-order valence-electron chi connectivity index (χ1n) is 4.51. The SMILES string of the molecule is CC(C)(C)NS(=O)(=O)C1=CCCS1(=O)=O. The lowest BCUT2D eigenvalue weighted by Gasteiger charge is -2.20. The van der Waals surface area contributed by atoms with Gasteiger partial charge in [0.2, 0.25) is 0 Å². The second-order valence-electron chi connectivity index (χ2n) is 4.49. The Bertz CT molecular complexity index is 479. The second-order valence-corrected chi connectivity index (χ2v) is 8.47. The Labute approximate surface area is 90.5 Å². The molecular formula is C8H15NO4S2. The maximum atomic E-state index is 11.7. The van der Waals surface area contributed by atoms with E-state index in [-0.39, 0.29) is 12.2 Å². The molecule has 88 valence electrons. The third-order valence-corrected chi connectivity index (χ3v) is 6.26. The molecule has 0 bridgehead atoms. The topological polar surface area (TPSA) is 80.3 Å². The Hall–Kier alpha value is -0.400.